The van der Waals surface area contributed by atoms with Crippen LogP contribution in [0.15, 0.2) is 54.7 Å². The fourth-order valence-corrected chi connectivity index (χ4v) is 2.74. The van der Waals surface area contributed by atoms with Gasteiger partial charge in [0.15, 0.2) is 0 Å². The van der Waals surface area contributed by atoms with E-state index in [2.05, 4.69) is 4.98 Å². The average molecular weight is 310 g/mol. The van der Waals surface area contributed by atoms with E-state index in [1.165, 1.54) is 0 Å². The van der Waals surface area contributed by atoms with Crippen molar-refractivity contribution in [3.63, 3.8) is 0 Å². The molecule has 0 spiro atoms. The Morgan fingerprint density at radius 2 is 1.87 bits per heavy atom. The first kappa shape index (κ1) is 15.6. The number of aromatic amines is 1. The highest BCUT2D eigenvalue weighted by molar-refractivity contribution is 5.89. The molecule has 4 heteroatoms. The first-order chi connectivity index (χ1) is 11.1. The second-order valence-electron chi connectivity index (χ2n) is 5.98. The van der Waals surface area contributed by atoms with E-state index >= 15 is 0 Å². The van der Waals surface area contributed by atoms with Gasteiger partial charge in [-0.25, -0.2) is 0 Å². The molecule has 0 bridgehead atoms. The number of nitrogens with one attached hydrogen (secondary N) is 1. The minimum Gasteiger partial charge on any atom is -0.488 e. The number of H-pyrrole nitrogens is 1. The fourth-order valence-electron chi connectivity index (χ4n) is 2.74. The molecular formula is C19H22N2O2. The summed E-state index contributed by atoms with van der Waals surface area (Å²) in [6, 6.07) is 16.0. The van der Waals surface area contributed by atoms with E-state index in [1.54, 1.807) is 0 Å². The summed E-state index contributed by atoms with van der Waals surface area (Å²) in [5.41, 5.74) is 2.97. The number of benzene rings is 2. The van der Waals surface area contributed by atoms with E-state index in [0.29, 0.717) is 13.2 Å². The zero-order chi connectivity index (χ0) is 16.2. The van der Waals surface area contributed by atoms with Gasteiger partial charge in [0.2, 0.25) is 0 Å². The van der Waals surface area contributed by atoms with E-state index in [9.17, 15) is 5.11 Å². The normalized spacial score (nSPS) is 12.7. The van der Waals surface area contributed by atoms with Gasteiger partial charge in [-0.2, -0.15) is 0 Å². The third-order valence-corrected chi connectivity index (χ3v) is 3.83. The molecule has 3 aromatic rings. The van der Waals surface area contributed by atoms with Crippen LogP contribution in [0.25, 0.3) is 10.9 Å². The van der Waals surface area contributed by atoms with Crippen LogP contribution in [0.1, 0.15) is 17.2 Å². The van der Waals surface area contributed by atoms with Crippen molar-refractivity contribution in [3.8, 4) is 5.75 Å². The van der Waals surface area contributed by atoms with E-state index in [0.717, 1.165) is 27.8 Å². The number of aromatic nitrogens is 1. The average Bonchev–Trinajstić information content (AvgIpc) is 2.98. The van der Waals surface area contributed by atoms with Crippen LogP contribution in [0, 0.1) is 0 Å². The molecule has 0 saturated heterocycles. The van der Waals surface area contributed by atoms with Gasteiger partial charge in [0.05, 0.1) is 6.10 Å². The van der Waals surface area contributed by atoms with Gasteiger partial charge >= 0.3 is 0 Å². The second kappa shape index (κ2) is 6.86. The molecule has 2 N–H and O–H groups in total. The highest BCUT2D eigenvalue weighted by Gasteiger charge is 2.17. The molecular weight excluding hydrogens is 288 g/mol. The molecule has 1 aromatic heterocycles. The zero-order valence-corrected chi connectivity index (χ0v) is 13.5. The molecule has 1 atom stereocenters. The van der Waals surface area contributed by atoms with E-state index < -0.39 is 6.10 Å². The lowest BCUT2D eigenvalue weighted by atomic mass is 10.1. The van der Waals surface area contributed by atoms with Crippen molar-refractivity contribution in [1.82, 2.24) is 9.88 Å². The predicted molar refractivity (Wildman–Crippen MR) is 92.6 cm³/mol. The summed E-state index contributed by atoms with van der Waals surface area (Å²) in [7, 11) is 3.90. The van der Waals surface area contributed by atoms with Crippen molar-refractivity contribution >= 4 is 10.9 Å². The Morgan fingerprint density at radius 3 is 2.61 bits per heavy atom. The molecule has 0 radical (unpaired) electrons. The maximum absolute atomic E-state index is 10.5. The number of aliphatic hydroxyl groups excluding tert-OH is 1. The maximum Gasteiger partial charge on any atom is 0.129 e. The van der Waals surface area contributed by atoms with E-state index in [1.807, 2.05) is 73.7 Å². The number of hydrogen-bond donors (Lipinski definition) is 2. The van der Waals surface area contributed by atoms with Gasteiger partial charge in [-0.05, 0) is 31.8 Å². The number of aliphatic hydroxyl groups is 1. The Morgan fingerprint density at radius 1 is 1.09 bits per heavy atom. The highest BCUT2D eigenvalue weighted by atomic mass is 16.5. The first-order valence-corrected chi connectivity index (χ1v) is 7.74. The molecule has 4 nitrogen and oxygen atoms in total. The number of nitrogens with zero attached hydrogens (tertiary/aromatic N) is 1. The lowest BCUT2D eigenvalue weighted by Gasteiger charge is -2.16. The Hall–Kier alpha value is -2.30. The lowest BCUT2D eigenvalue weighted by molar-refractivity contribution is 0.139. The molecule has 1 unspecified atom stereocenters. The predicted octanol–water partition coefficient (Wildman–Crippen LogP) is 3.34. The SMILES string of the molecule is CN(C)CC(O)c1c[nH]c2cccc(OCc3ccccc3)c12. The third kappa shape index (κ3) is 3.55. The molecule has 0 aliphatic carbocycles. The molecule has 0 aliphatic rings. The number of fused-ring (bicyclic) bond motifs is 1. The molecule has 120 valence electrons. The van der Waals surface area contributed by atoms with Crippen molar-refractivity contribution in [2.45, 2.75) is 12.7 Å². The maximum atomic E-state index is 10.5. The van der Waals surface area contributed by atoms with Crippen LogP contribution < -0.4 is 4.74 Å². The minimum atomic E-state index is -0.555. The van der Waals surface area contributed by atoms with E-state index in [-0.39, 0.29) is 0 Å². The minimum absolute atomic E-state index is 0.508. The van der Waals surface area contributed by atoms with E-state index in [4.69, 9.17) is 4.74 Å². The first-order valence-electron chi connectivity index (χ1n) is 7.74. The summed E-state index contributed by atoms with van der Waals surface area (Å²) in [5.74, 6) is 0.792. The second-order valence-corrected chi connectivity index (χ2v) is 5.98. The Balaban J connectivity index is 1.89. The molecule has 23 heavy (non-hydrogen) atoms. The fraction of sp³-hybridized carbons (Fsp3) is 0.263. The van der Waals surface area contributed by atoms with Crippen LogP contribution in [0.5, 0.6) is 5.75 Å². The van der Waals surface area contributed by atoms with Crippen molar-refractivity contribution in [3.05, 3.63) is 65.9 Å². The van der Waals surface area contributed by atoms with Gasteiger partial charge in [0.25, 0.3) is 0 Å². The zero-order valence-electron chi connectivity index (χ0n) is 13.5. The quantitative estimate of drug-likeness (QED) is 0.734. The number of likely N-dealkylation sites (N-methyl/N-ethyl adjacent to an activating group) is 1. The molecule has 3 rings (SSSR count). The summed E-state index contributed by atoms with van der Waals surface area (Å²) in [6.45, 7) is 1.08. The third-order valence-electron chi connectivity index (χ3n) is 3.83. The molecule has 2 aromatic carbocycles. The van der Waals surface area contributed by atoms with Crippen LogP contribution in [0.4, 0.5) is 0 Å². The van der Waals surface area contributed by atoms with Crippen molar-refractivity contribution < 1.29 is 9.84 Å². The van der Waals surface area contributed by atoms with Gasteiger partial charge in [-0.15, -0.1) is 0 Å². The van der Waals surface area contributed by atoms with Crippen LogP contribution in [-0.2, 0) is 6.61 Å². The lowest BCUT2D eigenvalue weighted by Crippen LogP contribution is -2.19. The van der Waals surface area contributed by atoms with Crippen molar-refractivity contribution in [2.24, 2.45) is 0 Å². The molecule has 0 fully saturated rings. The smallest absolute Gasteiger partial charge is 0.129 e. The van der Waals surface area contributed by atoms with Gasteiger partial charge in [-0.3, -0.25) is 0 Å². The van der Waals surface area contributed by atoms with Crippen LogP contribution in [0.2, 0.25) is 0 Å². The topological polar surface area (TPSA) is 48.5 Å². The summed E-state index contributed by atoms with van der Waals surface area (Å²) in [6.07, 6.45) is 1.31. The van der Waals surface area contributed by atoms with Crippen molar-refractivity contribution in [2.75, 3.05) is 20.6 Å². The highest BCUT2D eigenvalue weighted by Crippen LogP contribution is 2.33. The van der Waals surface area contributed by atoms with Crippen LogP contribution in [0.3, 0.4) is 0 Å². The van der Waals surface area contributed by atoms with Crippen LogP contribution >= 0.6 is 0 Å². The van der Waals surface area contributed by atoms with Crippen LogP contribution in [-0.4, -0.2) is 35.6 Å². The Bertz CT molecular complexity index is 765. The molecule has 0 amide bonds. The van der Waals surface area contributed by atoms with Gasteiger partial charge in [0.1, 0.15) is 12.4 Å². The standard InChI is InChI=1S/C19H22N2O2/c1-21(2)12-17(22)15-11-20-16-9-6-10-18(19(15)16)23-13-14-7-4-3-5-8-14/h3-11,17,20,22H,12-13H2,1-2H3. The summed E-state index contributed by atoms with van der Waals surface area (Å²) in [4.78, 5) is 5.19. The summed E-state index contributed by atoms with van der Waals surface area (Å²) in [5, 5.41) is 11.4. The Kier molecular flexibility index (Phi) is 4.65. The summed E-state index contributed by atoms with van der Waals surface area (Å²) >= 11 is 0. The monoisotopic (exact) mass is 310 g/mol. The van der Waals surface area contributed by atoms with Gasteiger partial charge in [-0.1, -0.05) is 36.4 Å². The Labute approximate surface area is 136 Å². The summed E-state index contributed by atoms with van der Waals surface area (Å²) < 4.78 is 6.01. The largest absolute Gasteiger partial charge is 0.488 e. The van der Waals surface area contributed by atoms with Gasteiger partial charge in [0, 0.05) is 29.2 Å². The van der Waals surface area contributed by atoms with Gasteiger partial charge < -0.3 is 19.7 Å². The number of ether oxygens (including phenoxy) is 1. The number of rotatable bonds is 6. The van der Waals surface area contributed by atoms with Crippen molar-refractivity contribution in [1.29, 1.82) is 0 Å². The molecule has 0 aliphatic heterocycles. The molecule has 0 saturated carbocycles. The molecule has 1 heterocycles. The number of hydrogen-bond acceptors (Lipinski definition) is 3.